The predicted octanol–water partition coefficient (Wildman–Crippen LogP) is 2.27. The molecule has 1 aliphatic heterocycles. The molecular formula is C11H16BrN3OS. The molecule has 1 aliphatic rings. The lowest BCUT2D eigenvalue weighted by atomic mass is 9.93. The average Bonchev–Trinajstić information content (AvgIpc) is 2.68. The third-order valence-corrected chi connectivity index (χ3v) is 4.40. The first-order valence-electron chi connectivity index (χ1n) is 5.52. The number of rotatable bonds is 1. The highest BCUT2D eigenvalue weighted by Gasteiger charge is 2.32. The highest BCUT2D eigenvalue weighted by Crippen LogP contribution is 2.38. The number of halogens is 1. The van der Waals surface area contributed by atoms with Gasteiger partial charge in [0.15, 0.2) is 5.13 Å². The van der Waals surface area contributed by atoms with Crippen molar-refractivity contribution in [2.45, 2.75) is 38.6 Å². The Morgan fingerprint density at radius 3 is 2.59 bits per heavy atom. The molecule has 1 atom stereocenters. The van der Waals surface area contributed by atoms with Gasteiger partial charge in [-0.3, -0.25) is 9.69 Å². The number of aromatic nitrogens is 1. The molecular weight excluding hydrogens is 302 g/mol. The molecule has 1 amide bonds. The molecule has 2 rings (SSSR count). The highest BCUT2D eigenvalue weighted by atomic mass is 79.9. The summed E-state index contributed by atoms with van der Waals surface area (Å²) in [5.41, 5.74) is 6.75. The summed E-state index contributed by atoms with van der Waals surface area (Å²) in [5.74, 6) is 0.0687. The number of amides is 1. The van der Waals surface area contributed by atoms with Crippen LogP contribution in [0.15, 0.2) is 3.79 Å². The fourth-order valence-corrected chi connectivity index (χ4v) is 3.94. The Bertz CT molecular complexity index is 452. The Morgan fingerprint density at radius 1 is 1.53 bits per heavy atom. The van der Waals surface area contributed by atoms with Gasteiger partial charge in [-0.1, -0.05) is 32.1 Å². The standard InChI is InChI=1S/C11H16BrN3OS/c1-11(2,3)8-9(12)17-10(14-8)15-5-6(13)4-7(15)16/h6H,4-5,13H2,1-3H3. The zero-order valence-corrected chi connectivity index (χ0v) is 12.6. The maximum absolute atomic E-state index is 11.8. The normalized spacial score (nSPS) is 21.4. The summed E-state index contributed by atoms with van der Waals surface area (Å²) >= 11 is 5.02. The SMILES string of the molecule is CC(C)(C)c1nc(N2CC(N)CC2=O)sc1Br. The van der Waals surface area contributed by atoms with Crippen molar-refractivity contribution in [2.24, 2.45) is 5.73 Å². The number of thiazole rings is 1. The van der Waals surface area contributed by atoms with Crippen molar-refractivity contribution in [3.8, 4) is 0 Å². The second-order valence-corrected chi connectivity index (χ2v) is 7.63. The van der Waals surface area contributed by atoms with Crippen LogP contribution in [0.2, 0.25) is 0 Å². The van der Waals surface area contributed by atoms with E-state index < -0.39 is 0 Å². The number of anilines is 1. The van der Waals surface area contributed by atoms with E-state index in [0.717, 1.165) is 14.6 Å². The Labute approximate surface area is 113 Å². The van der Waals surface area contributed by atoms with Crippen LogP contribution in [0.1, 0.15) is 32.9 Å². The number of hydrogen-bond acceptors (Lipinski definition) is 4. The molecule has 1 aromatic rings. The van der Waals surface area contributed by atoms with Crippen molar-refractivity contribution < 1.29 is 4.79 Å². The molecule has 0 bridgehead atoms. The van der Waals surface area contributed by atoms with E-state index in [1.165, 1.54) is 11.3 Å². The minimum absolute atomic E-state index is 0.0293. The van der Waals surface area contributed by atoms with Crippen LogP contribution in [-0.2, 0) is 10.2 Å². The molecule has 0 spiro atoms. The molecule has 0 aromatic carbocycles. The van der Waals surface area contributed by atoms with Gasteiger partial charge in [-0.25, -0.2) is 4.98 Å². The summed E-state index contributed by atoms with van der Waals surface area (Å²) in [4.78, 5) is 18.0. The topological polar surface area (TPSA) is 59.2 Å². The van der Waals surface area contributed by atoms with Gasteiger partial charge in [-0.2, -0.15) is 0 Å². The van der Waals surface area contributed by atoms with Crippen molar-refractivity contribution in [1.29, 1.82) is 0 Å². The van der Waals surface area contributed by atoms with Crippen molar-refractivity contribution in [1.82, 2.24) is 4.98 Å². The Kier molecular flexibility index (Phi) is 3.31. The minimum atomic E-state index is -0.0664. The molecule has 4 nitrogen and oxygen atoms in total. The lowest BCUT2D eigenvalue weighted by Gasteiger charge is -2.16. The van der Waals surface area contributed by atoms with Gasteiger partial charge in [0.05, 0.1) is 9.48 Å². The first kappa shape index (κ1) is 13.0. The van der Waals surface area contributed by atoms with Crippen molar-refractivity contribution in [3.63, 3.8) is 0 Å². The highest BCUT2D eigenvalue weighted by molar-refractivity contribution is 9.11. The molecule has 6 heteroatoms. The molecule has 0 aliphatic carbocycles. The zero-order valence-electron chi connectivity index (χ0n) is 10.2. The molecule has 2 heterocycles. The number of carbonyl (C=O) groups excluding carboxylic acids is 1. The maximum Gasteiger partial charge on any atom is 0.230 e. The van der Waals surface area contributed by atoms with Gasteiger partial charge >= 0.3 is 0 Å². The monoisotopic (exact) mass is 317 g/mol. The van der Waals surface area contributed by atoms with Crippen LogP contribution in [0.5, 0.6) is 0 Å². The molecule has 17 heavy (non-hydrogen) atoms. The number of nitrogens with two attached hydrogens (primary N) is 1. The van der Waals surface area contributed by atoms with Gasteiger partial charge in [0.2, 0.25) is 5.91 Å². The van der Waals surface area contributed by atoms with E-state index in [4.69, 9.17) is 5.73 Å². The summed E-state index contributed by atoms with van der Waals surface area (Å²) in [6, 6.07) is -0.0664. The van der Waals surface area contributed by atoms with Gasteiger partial charge in [0, 0.05) is 24.4 Å². The van der Waals surface area contributed by atoms with E-state index in [0.29, 0.717) is 13.0 Å². The van der Waals surface area contributed by atoms with Gasteiger partial charge in [-0.15, -0.1) is 0 Å². The fraction of sp³-hybridized carbons (Fsp3) is 0.636. The summed E-state index contributed by atoms with van der Waals surface area (Å²) < 4.78 is 0.994. The Balaban J connectivity index is 2.32. The van der Waals surface area contributed by atoms with E-state index in [-0.39, 0.29) is 17.4 Å². The molecule has 1 saturated heterocycles. The smallest absolute Gasteiger partial charge is 0.230 e. The average molecular weight is 318 g/mol. The van der Waals surface area contributed by atoms with Crippen LogP contribution in [0, 0.1) is 0 Å². The van der Waals surface area contributed by atoms with Gasteiger partial charge in [-0.05, 0) is 15.9 Å². The maximum atomic E-state index is 11.8. The second kappa shape index (κ2) is 4.33. The second-order valence-electron chi connectivity index (χ2n) is 5.34. The summed E-state index contributed by atoms with van der Waals surface area (Å²) in [6.07, 6.45) is 0.419. The number of carbonyl (C=O) groups is 1. The number of hydrogen-bond donors (Lipinski definition) is 1. The molecule has 1 unspecified atom stereocenters. The quantitative estimate of drug-likeness (QED) is 0.864. The summed E-state index contributed by atoms with van der Waals surface area (Å²) in [6.45, 7) is 6.89. The Hall–Kier alpha value is -0.460. The first-order chi connectivity index (χ1) is 7.79. The molecule has 0 saturated carbocycles. The largest absolute Gasteiger partial charge is 0.326 e. The third-order valence-electron chi connectivity index (χ3n) is 2.67. The first-order valence-corrected chi connectivity index (χ1v) is 7.12. The molecule has 1 aromatic heterocycles. The lowest BCUT2D eigenvalue weighted by Crippen LogP contribution is -2.28. The van der Waals surface area contributed by atoms with E-state index in [9.17, 15) is 4.79 Å². The van der Waals surface area contributed by atoms with Crippen LogP contribution in [0.3, 0.4) is 0 Å². The molecule has 94 valence electrons. The van der Waals surface area contributed by atoms with E-state index in [2.05, 4.69) is 41.7 Å². The Morgan fingerprint density at radius 2 is 2.18 bits per heavy atom. The number of nitrogens with zero attached hydrogens (tertiary/aromatic N) is 2. The van der Waals surface area contributed by atoms with Crippen molar-refractivity contribution in [2.75, 3.05) is 11.4 Å². The predicted molar refractivity (Wildman–Crippen MR) is 73.5 cm³/mol. The van der Waals surface area contributed by atoms with E-state index in [1.54, 1.807) is 4.90 Å². The molecule has 1 fully saturated rings. The van der Waals surface area contributed by atoms with Crippen LogP contribution in [0.25, 0.3) is 0 Å². The van der Waals surface area contributed by atoms with Gasteiger partial charge < -0.3 is 5.73 Å². The van der Waals surface area contributed by atoms with Crippen LogP contribution >= 0.6 is 27.3 Å². The third kappa shape index (κ3) is 2.53. The van der Waals surface area contributed by atoms with Gasteiger partial charge in [0.25, 0.3) is 0 Å². The zero-order chi connectivity index (χ0) is 12.8. The molecule has 2 N–H and O–H groups in total. The summed E-state index contributed by atoms with van der Waals surface area (Å²) in [5, 5.41) is 0.750. The fourth-order valence-electron chi connectivity index (χ4n) is 1.79. The van der Waals surface area contributed by atoms with Crippen LogP contribution in [0.4, 0.5) is 5.13 Å². The van der Waals surface area contributed by atoms with Gasteiger partial charge in [0.1, 0.15) is 0 Å². The van der Waals surface area contributed by atoms with Crippen LogP contribution < -0.4 is 10.6 Å². The van der Waals surface area contributed by atoms with Crippen molar-refractivity contribution >= 4 is 38.3 Å². The van der Waals surface area contributed by atoms with Crippen LogP contribution in [-0.4, -0.2) is 23.5 Å². The lowest BCUT2D eigenvalue weighted by molar-refractivity contribution is -0.117. The minimum Gasteiger partial charge on any atom is -0.326 e. The van der Waals surface area contributed by atoms with E-state index >= 15 is 0 Å². The van der Waals surface area contributed by atoms with Crippen molar-refractivity contribution in [3.05, 3.63) is 9.48 Å². The molecule has 0 radical (unpaired) electrons. The summed E-state index contributed by atoms with van der Waals surface area (Å²) in [7, 11) is 0. The van der Waals surface area contributed by atoms with E-state index in [1.807, 2.05) is 0 Å².